The smallest absolute Gasteiger partial charge is 0.142 e. The first-order chi connectivity index (χ1) is 8.19. The van der Waals surface area contributed by atoms with Crippen LogP contribution in [0.25, 0.3) is 10.4 Å². The van der Waals surface area contributed by atoms with Gasteiger partial charge in [-0.2, -0.15) is 5.26 Å². The van der Waals surface area contributed by atoms with Crippen LogP contribution < -0.4 is 5.73 Å². The summed E-state index contributed by atoms with van der Waals surface area (Å²) in [7, 11) is 0. The Kier molecular flexibility index (Phi) is 3.12. The molecule has 0 aliphatic rings. The number of hydrogen-bond donors (Lipinski definition) is 1. The summed E-state index contributed by atoms with van der Waals surface area (Å²) in [6.07, 6.45) is 0.848. The van der Waals surface area contributed by atoms with Crippen LogP contribution in [-0.4, -0.2) is 4.98 Å². The van der Waals surface area contributed by atoms with Crippen molar-refractivity contribution in [3.63, 3.8) is 0 Å². The minimum absolute atomic E-state index is 0.325. The van der Waals surface area contributed by atoms with Crippen molar-refractivity contribution in [2.75, 3.05) is 5.73 Å². The molecule has 86 valence electrons. The van der Waals surface area contributed by atoms with Crippen molar-refractivity contribution in [3.8, 4) is 16.5 Å². The molecule has 0 fully saturated rings. The third-order valence-corrected chi connectivity index (χ3v) is 3.65. The number of nitrogen functional groups attached to an aromatic ring is 1. The number of hydrogen-bond acceptors (Lipinski definition) is 4. The molecule has 2 aromatic heterocycles. The minimum atomic E-state index is 0.325. The van der Waals surface area contributed by atoms with Gasteiger partial charge in [0, 0.05) is 16.1 Å². The number of nitrogens with two attached hydrogens (primary N) is 1. The van der Waals surface area contributed by atoms with Crippen LogP contribution in [0.15, 0.2) is 17.5 Å². The quantitative estimate of drug-likeness (QED) is 0.881. The monoisotopic (exact) mass is 243 g/mol. The minimum Gasteiger partial charge on any atom is -0.383 e. The molecule has 0 saturated carbocycles. The van der Waals surface area contributed by atoms with Crippen molar-refractivity contribution in [2.24, 2.45) is 0 Å². The average Bonchev–Trinajstić information content (AvgIpc) is 2.81. The molecule has 2 rings (SSSR count). The summed E-state index contributed by atoms with van der Waals surface area (Å²) in [6, 6.07) is 6.16. The molecule has 0 aromatic carbocycles. The van der Waals surface area contributed by atoms with E-state index in [4.69, 9.17) is 5.73 Å². The second kappa shape index (κ2) is 4.56. The summed E-state index contributed by atoms with van der Waals surface area (Å²) in [6.45, 7) is 4.01. The van der Waals surface area contributed by atoms with E-state index in [0.717, 1.165) is 28.1 Å². The molecule has 0 amide bonds. The van der Waals surface area contributed by atoms with Gasteiger partial charge in [-0.05, 0) is 30.4 Å². The lowest BCUT2D eigenvalue weighted by Crippen LogP contribution is -2.04. The molecule has 0 bridgehead atoms. The lowest BCUT2D eigenvalue weighted by Gasteiger charge is -2.12. The van der Waals surface area contributed by atoms with Crippen molar-refractivity contribution in [1.29, 1.82) is 5.26 Å². The van der Waals surface area contributed by atoms with Gasteiger partial charge >= 0.3 is 0 Å². The van der Waals surface area contributed by atoms with Crippen molar-refractivity contribution < 1.29 is 0 Å². The van der Waals surface area contributed by atoms with E-state index in [1.165, 1.54) is 0 Å². The van der Waals surface area contributed by atoms with Gasteiger partial charge in [0.05, 0.1) is 0 Å². The highest BCUT2D eigenvalue weighted by Gasteiger charge is 2.17. The number of aromatic nitrogens is 1. The normalized spacial score (nSPS) is 10.2. The Labute approximate surface area is 105 Å². The van der Waals surface area contributed by atoms with Crippen LogP contribution in [0.3, 0.4) is 0 Å². The van der Waals surface area contributed by atoms with E-state index < -0.39 is 0 Å². The second-order valence-electron chi connectivity index (χ2n) is 3.75. The number of anilines is 1. The summed E-state index contributed by atoms with van der Waals surface area (Å²) >= 11 is 1.62. The fourth-order valence-electron chi connectivity index (χ4n) is 2.00. The number of thiophene rings is 1. The van der Waals surface area contributed by atoms with Crippen molar-refractivity contribution in [2.45, 2.75) is 20.3 Å². The van der Waals surface area contributed by atoms with E-state index in [1.54, 1.807) is 11.3 Å². The van der Waals surface area contributed by atoms with Crippen LogP contribution in [0.1, 0.15) is 23.7 Å². The lowest BCUT2D eigenvalue weighted by molar-refractivity contribution is 1.05. The predicted molar refractivity (Wildman–Crippen MR) is 70.8 cm³/mol. The zero-order chi connectivity index (χ0) is 12.4. The summed E-state index contributed by atoms with van der Waals surface area (Å²) in [5.41, 5.74) is 9.30. The zero-order valence-electron chi connectivity index (χ0n) is 9.82. The molecule has 0 unspecified atom stereocenters. The molecule has 4 heteroatoms. The van der Waals surface area contributed by atoms with E-state index in [0.29, 0.717) is 11.4 Å². The van der Waals surface area contributed by atoms with Gasteiger partial charge in [-0.3, -0.25) is 0 Å². The first-order valence-corrected chi connectivity index (χ1v) is 6.29. The molecule has 0 aliphatic carbocycles. The number of pyridine rings is 1. The van der Waals surface area contributed by atoms with Crippen molar-refractivity contribution in [1.82, 2.24) is 4.98 Å². The molecular formula is C13H13N3S. The summed E-state index contributed by atoms with van der Waals surface area (Å²) < 4.78 is 0. The highest BCUT2D eigenvalue weighted by atomic mass is 32.1. The van der Waals surface area contributed by atoms with Gasteiger partial charge in [0.1, 0.15) is 17.5 Å². The molecule has 0 spiro atoms. The first kappa shape index (κ1) is 11.6. The highest BCUT2D eigenvalue weighted by Crippen LogP contribution is 2.34. The molecule has 0 aliphatic heterocycles. The molecular weight excluding hydrogens is 230 g/mol. The Morgan fingerprint density at radius 2 is 2.29 bits per heavy atom. The Morgan fingerprint density at radius 1 is 1.53 bits per heavy atom. The number of nitrogens with zero attached hydrogens (tertiary/aromatic N) is 2. The molecule has 17 heavy (non-hydrogen) atoms. The van der Waals surface area contributed by atoms with Gasteiger partial charge < -0.3 is 5.73 Å². The zero-order valence-corrected chi connectivity index (χ0v) is 10.6. The van der Waals surface area contributed by atoms with E-state index in [2.05, 4.69) is 18.0 Å². The topological polar surface area (TPSA) is 62.7 Å². The van der Waals surface area contributed by atoms with Crippen LogP contribution >= 0.6 is 11.3 Å². The largest absolute Gasteiger partial charge is 0.383 e. The van der Waals surface area contributed by atoms with E-state index in [-0.39, 0.29) is 0 Å². The van der Waals surface area contributed by atoms with Gasteiger partial charge in [0.15, 0.2) is 0 Å². The maximum Gasteiger partial charge on any atom is 0.142 e. The van der Waals surface area contributed by atoms with Gasteiger partial charge in [-0.15, -0.1) is 11.3 Å². The van der Waals surface area contributed by atoms with Gasteiger partial charge in [0.2, 0.25) is 0 Å². The van der Waals surface area contributed by atoms with Crippen LogP contribution in [-0.2, 0) is 6.42 Å². The average molecular weight is 243 g/mol. The summed E-state index contributed by atoms with van der Waals surface area (Å²) in [5, 5.41) is 11.2. The highest BCUT2D eigenvalue weighted by molar-refractivity contribution is 7.13. The SMILES string of the molecule is CCc1c(C)nc(N)c(C#N)c1-c1cccs1. The van der Waals surface area contributed by atoms with Crippen LogP contribution in [0, 0.1) is 18.3 Å². The molecule has 2 heterocycles. The number of aryl methyl sites for hydroxylation is 1. The third kappa shape index (κ3) is 1.90. The molecule has 0 saturated heterocycles. The fourth-order valence-corrected chi connectivity index (χ4v) is 2.81. The Bertz CT molecular complexity index is 580. The summed E-state index contributed by atoms with van der Waals surface area (Å²) in [5.74, 6) is 0.325. The summed E-state index contributed by atoms with van der Waals surface area (Å²) in [4.78, 5) is 5.32. The van der Waals surface area contributed by atoms with Gasteiger partial charge in [0.25, 0.3) is 0 Å². The third-order valence-electron chi connectivity index (χ3n) is 2.77. The van der Waals surface area contributed by atoms with E-state index in [1.807, 2.05) is 24.4 Å². The van der Waals surface area contributed by atoms with E-state index in [9.17, 15) is 5.26 Å². The van der Waals surface area contributed by atoms with E-state index >= 15 is 0 Å². The first-order valence-electron chi connectivity index (χ1n) is 5.42. The number of rotatable bonds is 2. The van der Waals surface area contributed by atoms with Crippen molar-refractivity contribution in [3.05, 3.63) is 34.3 Å². The maximum absolute atomic E-state index is 9.24. The Hall–Kier alpha value is -1.86. The van der Waals surface area contributed by atoms with Crippen LogP contribution in [0.5, 0.6) is 0 Å². The molecule has 3 nitrogen and oxygen atoms in total. The Balaban J connectivity index is 2.83. The molecule has 0 atom stereocenters. The molecule has 2 aromatic rings. The standard InChI is InChI=1S/C13H13N3S/c1-3-9-8(2)16-13(15)10(7-14)12(9)11-5-4-6-17-11/h4-6H,3H2,1-2H3,(H2,15,16). The fraction of sp³-hybridized carbons (Fsp3) is 0.231. The van der Waals surface area contributed by atoms with Gasteiger partial charge in [-0.25, -0.2) is 4.98 Å². The lowest BCUT2D eigenvalue weighted by atomic mass is 9.98. The number of nitriles is 1. The van der Waals surface area contributed by atoms with Crippen LogP contribution in [0.2, 0.25) is 0 Å². The predicted octanol–water partition coefficient (Wildman–Crippen LogP) is 3.13. The van der Waals surface area contributed by atoms with Crippen LogP contribution in [0.4, 0.5) is 5.82 Å². The maximum atomic E-state index is 9.24. The Morgan fingerprint density at radius 3 is 2.82 bits per heavy atom. The molecule has 0 radical (unpaired) electrons. The molecule has 2 N–H and O–H groups in total. The second-order valence-corrected chi connectivity index (χ2v) is 4.70. The van der Waals surface area contributed by atoms with Crippen molar-refractivity contribution >= 4 is 17.2 Å². The van der Waals surface area contributed by atoms with Gasteiger partial charge in [-0.1, -0.05) is 13.0 Å².